The minimum atomic E-state index is -0.502. The maximum absolute atomic E-state index is 11.2. The number of aliphatic hydroxyl groups excluding tert-OH is 1. The Bertz CT molecular complexity index is 274. The Morgan fingerprint density at radius 2 is 2.15 bits per heavy atom. The molecule has 5 nitrogen and oxygen atoms in total. The fraction of sp³-hybridized carbons (Fsp3) is 0.933. The molecule has 0 saturated heterocycles. The smallest absolute Gasteiger partial charge is 0.221 e. The average Bonchev–Trinajstić information content (AvgIpc) is 2.43. The van der Waals surface area contributed by atoms with Gasteiger partial charge in [0.25, 0.3) is 0 Å². The van der Waals surface area contributed by atoms with Crippen molar-refractivity contribution in [1.82, 2.24) is 10.6 Å². The fourth-order valence-electron chi connectivity index (χ4n) is 2.58. The van der Waals surface area contributed by atoms with Crippen LogP contribution in [0.4, 0.5) is 0 Å². The Labute approximate surface area is 122 Å². The molecule has 1 saturated carbocycles. The molecule has 118 valence electrons. The summed E-state index contributed by atoms with van der Waals surface area (Å²) in [5, 5.41) is 15.7. The number of hydrogen-bond donors (Lipinski definition) is 3. The molecule has 3 atom stereocenters. The first-order valence-corrected chi connectivity index (χ1v) is 7.90. The highest BCUT2D eigenvalue weighted by Gasteiger charge is 2.22. The van der Waals surface area contributed by atoms with Crippen molar-refractivity contribution in [3.8, 4) is 0 Å². The van der Waals surface area contributed by atoms with Gasteiger partial charge in [0, 0.05) is 26.1 Å². The number of hydrogen-bond acceptors (Lipinski definition) is 4. The molecule has 0 aromatic heterocycles. The lowest BCUT2D eigenvalue weighted by Crippen LogP contribution is -2.36. The summed E-state index contributed by atoms with van der Waals surface area (Å²) in [5.74, 6) is 0.642. The van der Waals surface area contributed by atoms with Crippen LogP contribution >= 0.6 is 0 Å². The highest BCUT2D eigenvalue weighted by Crippen LogP contribution is 2.26. The van der Waals surface area contributed by atoms with Crippen molar-refractivity contribution in [2.45, 2.75) is 58.2 Å². The van der Waals surface area contributed by atoms with Crippen LogP contribution in [0.15, 0.2) is 0 Å². The van der Waals surface area contributed by atoms with Crippen molar-refractivity contribution >= 4 is 5.91 Å². The van der Waals surface area contributed by atoms with Crippen LogP contribution in [0, 0.1) is 5.92 Å². The lowest BCUT2D eigenvalue weighted by atomic mass is 9.88. The number of carbonyl (C=O) groups excluding carboxylic acids is 1. The Morgan fingerprint density at radius 1 is 1.40 bits per heavy atom. The average molecular weight is 286 g/mol. The summed E-state index contributed by atoms with van der Waals surface area (Å²) in [5.41, 5.74) is 0. The van der Waals surface area contributed by atoms with Gasteiger partial charge in [0.05, 0.1) is 18.8 Å². The van der Waals surface area contributed by atoms with Gasteiger partial charge in [-0.25, -0.2) is 0 Å². The highest BCUT2D eigenvalue weighted by atomic mass is 16.5. The molecule has 0 bridgehead atoms. The van der Waals surface area contributed by atoms with Gasteiger partial charge in [-0.3, -0.25) is 4.79 Å². The minimum absolute atomic E-state index is 0.0433. The number of aliphatic hydroxyl groups is 1. The third-order valence-corrected chi connectivity index (χ3v) is 3.82. The van der Waals surface area contributed by atoms with Crippen molar-refractivity contribution < 1.29 is 14.6 Å². The van der Waals surface area contributed by atoms with E-state index < -0.39 is 6.10 Å². The van der Waals surface area contributed by atoms with Crippen LogP contribution < -0.4 is 10.6 Å². The number of rotatable bonds is 9. The molecule has 0 aromatic rings. The first kappa shape index (κ1) is 17.4. The third kappa shape index (κ3) is 7.22. The summed E-state index contributed by atoms with van der Waals surface area (Å²) >= 11 is 0. The van der Waals surface area contributed by atoms with Crippen LogP contribution in [-0.4, -0.2) is 49.5 Å². The van der Waals surface area contributed by atoms with Gasteiger partial charge in [-0.2, -0.15) is 0 Å². The molecule has 0 spiro atoms. The largest absolute Gasteiger partial charge is 0.389 e. The summed E-state index contributed by atoms with van der Waals surface area (Å²) in [6, 6.07) is 0. The Balaban J connectivity index is 2.02. The SMILES string of the molecule is CCNC(=O)CCNCC(O)COC1CCCCC1C. The van der Waals surface area contributed by atoms with E-state index in [2.05, 4.69) is 17.6 Å². The molecule has 1 amide bonds. The molecule has 0 aromatic carbocycles. The van der Waals surface area contributed by atoms with Crippen molar-refractivity contribution in [3.05, 3.63) is 0 Å². The fourth-order valence-corrected chi connectivity index (χ4v) is 2.58. The molecule has 5 heteroatoms. The van der Waals surface area contributed by atoms with Gasteiger partial charge >= 0.3 is 0 Å². The minimum Gasteiger partial charge on any atom is -0.389 e. The molecule has 0 aliphatic heterocycles. The predicted octanol–water partition coefficient (Wildman–Crippen LogP) is 1.06. The first-order chi connectivity index (χ1) is 9.63. The molecule has 1 aliphatic rings. The van der Waals surface area contributed by atoms with E-state index in [0.717, 1.165) is 6.42 Å². The molecule has 3 unspecified atom stereocenters. The number of carbonyl (C=O) groups is 1. The second kappa shape index (κ2) is 10.1. The van der Waals surface area contributed by atoms with E-state index in [4.69, 9.17) is 4.74 Å². The van der Waals surface area contributed by atoms with Crippen LogP contribution in [0.2, 0.25) is 0 Å². The Morgan fingerprint density at radius 3 is 2.85 bits per heavy atom. The van der Waals surface area contributed by atoms with Crippen molar-refractivity contribution in [3.63, 3.8) is 0 Å². The quantitative estimate of drug-likeness (QED) is 0.554. The molecule has 1 fully saturated rings. The van der Waals surface area contributed by atoms with Gasteiger partial charge < -0.3 is 20.5 Å². The van der Waals surface area contributed by atoms with E-state index in [1.54, 1.807) is 0 Å². The van der Waals surface area contributed by atoms with E-state index in [1.807, 2.05) is 6.92 Å². The second-order valence-corrected chi connectivity index (χ2v) is 5.69. The summed E-state index contributed by atoms with van der Waals surface area (Å²) in [7, 11) is 0. The van der Waals surface area contributed by atoms with Crippen molar-refractivity contribution in [1.29, 1.82) is 0 Å². The summed E-state index contributed by atoms with van der Waals surface area (Å²) < 4.78 is 5.80. The van der Waals surface area contributed by atoms with Crippen LogP contribution in [0.3, 0.4) is 0 Å². The molecular formula is C15H30N2O3. The summed E-state index contributed by atoms with van der Waals surface area (Å²) in [4.78, 5) is 11.2. The Kier molecular flexibility index (Phi) is 8.82. The second-order valence-electron chi connectivity index (χ2n) is 5.69. The monoisotopic (exact) mass is 286 g/mol. The molecule has 1 rings (SSSR count). The van der Waals surface area contributed by atoms with Gasteiger partial charge in [0.1, 0.15) is 0 Å². The van der Waals surface area contributed by atoms with Gasteiger partial charge in [0.15, 0.2) is 0 Å². The van der Waals surface area contributed by atoms with Crippen LogP contribution in [-0.2, 0) is 9.53 Å². The zero-order chi connectivity index (χ0) is 14.8. The van der Waals surface area contributed by atoms with Crippen LogP contribution in [0.1, 0.15) is 46.0 Å². The number of ether oxygens (including phenoxy) is 1. The molecule has 0 radical (unpaired) electrons. The molecule has 3 N–H and O–H groups in total. The zero-order valence-electron chi connectivity index (χ0n) is 12.9. The number of nitrogens with one attached hydrogen (secondary N) is 2. The summed E-state index contributed by atoms with van der Waals surface area (Å²) in [6.07, 6.45) is 5.11. The Hall–Kier alpha value is -0.650. The topological polar surface area (TPSA) is 70.6 Å². The normalized spacial score (nSPS) is 24.4. The van der Waals surface area contributed by atoms with E-state index in [9.17, 15) is 9.90 Å². The van der Waals surface area contributed by atoms with E-state index >= 15 is 0 Å². The van der Waals surface area contributed by atoms with E-state index in [0.29, 0.717) is 44.7 Å². The molecule has 1 aliphatic carbocycles. The molecule has 20 heavy (non-hydrogen) atoms. The maximum atomic E-state index is 11.2. The van der Waals surface area contributed by atoms with Crippen LogP contribution in [0.25, 0.3) is 0 Å². The molecule has 0 heterocycles. The predicted molar refractivity (Wildman–Crippen MR) is 79.5 cm³/mol. The summed E-state index contributed by atoms with van der Waals surface area (Å²) in [6.45, 7) is 6.22. The maximum Gasteiger partial charge on any atom is 0.221 e. The van der Waals surface area contributed by atoms with Gasteiger partial charge in [0.2, 0.25) is 5.91 Å². The van der Waals surface area contributed by atoms with E-state index in [1.165, 1.54) is 19.3 Å². The highest BCUT2D eigenvalue weighted by molar-refractivity contribution is 5.75. The van der Waals surface area contributed by atoms with Gasteiger partial charge in [-0.05, 0) is 25.7 Å². The lowest BCUT2D eigenvalue weighted by molar-refractivity contribution is -0.120. The van der Waals surface area contributed by atoms with Crippen LogP contribution in [0.5, 0.6) is 0 Å². The number of amides is 1. The third-order valence-electron chi connectivity index (χ3n) is 3.82. The van der Waals surface area contributed by atoms with E-state index in [-0.39, 0.29) is 5.91 Å². The standard InChI is InChI=1S/C15H30N2O3/c1-3-17-15(19)8-9-16-10-13(18)11-20-14-7-5-4-6-12(14)2/h12-14,16,18H,3-11H2,1-2H3,(H,17,19). The van der Waals surface area contributed by atoms with Crippen molar-refractivity contribution in [2.24, 2.45) is 5.92 Å². The van der Waals surface area contributed by atoms with Crippen molar-refractivity contribution in [2.75, 3.05) is 26.2 Å². The zero-order valence-corrected chi connectivity index (χ0v) is 12.9. The first-order valence-electron chi connectivity index (χ1n) is 7.90. The van der Waals surface area contributed by atoms with Gasteiger partial charge in [-0.15, -0.1) is 0 Å². The lowest BCUT2D eigenvalue weighted by Gasteiger charge is -2.29. The molecular weight excluding hydrogens is 256 g/mol. The van der Waals surface area contributed by atoms with Gasteiger partial charge in [-0.1, -0.05) is 19.8 Å².